The van der Waals surface area contributed by atoms with E-state index in [2.05, 4.69) is 0 Å². The van der Waals surface area contributed by atoms with Gasteiger partial charge >= 0.3 is 5.97 Å². The number of fused-ring (bicyclic) bond motifs is 4. The van der Waals surface area contributed by atoms with Gasteiger partial charge in [-0.15, -0.1) is 0 Å². The molecule has 0 saturated carbocycles. The predicted octanol–water partition coefficient (Wildman–Crippen LogP) is 0.667. The Morgan fingerprint density at radius 1 is 1.07 bits per heavy atom. The van der Waals surface area contributed by atoms with Gasteiger partial charge in [-0.1, -0.05) is 0 Å². The number of esters is 1. The molecule has 3 saturated heterocycles. The topological polar surface area (TPSA) is 102 Å². The zero-order chi connectivity index (χ0) is 19.5. The van der Waals surface area contributed by atoms with E-state index in [0.29, 0.717) is 31.1 Å². The lowest BCUT2D eigenvalue weighted by molar-refractivity contribution is -0.319. The Bertz CT molecular complexity index is 826. The number of benzene rings is 1. The van der Waals surface area contributed by atoms with Crippen LogP contribution in [0.25, 0.3) is 0 Å². The van der Waals surface area contributed by atoms with Gasteiger partial charge in [0.05, 0.1) is 31.3 Å². The maximum absolute atomic E-state index is 12.3. The van der Waals surface area contributed by atoms with Crippen LogP contribution in [-0.2, 0) is 34.9 Å². The third-order valence-electron chi connectivity index (χ3n) is 6.44. The normalized spacial score (nSPS) is 40.0. The van der Waals surface area contributed by atoms with E-state index in [1.54, 1.807) is 0 Å². The van der Waals surface area contributed by atoms with Crippen LogP contribution in [0.15, 0.2) is 12.1 Å². The molecule has 3 fully saturated rings. The molecule has 0 amide bonds. The first-order valence-corrected chi connectivity index (χ1v) is 9.95. The standard InChI is InChI=1S/C20H22O9/c21-13-4-17(28-16-6-23-7-27-19(13)16)29-18-10-3-15-14(25-8-26-15)2-9(10)1-11-12(18)5-24-20(11)22/h2-3,11-13,16-19,21H,1,4-8H2/t11-,12?,13?,16?,17?,18?,19?/m1/s1. The fourth-order valence-electron chi connectivity index (χ4n) is 4.99. The molecule has 0 radical (unpaired) electrons. The number of hydrogen-bond acceptors (Lipinski definition) is 9. The van der Waals surface area contributed by atoms with E-state index in [-0.39, 0.29) is 37.8 Å². The highest BCUT2D eigenvalue weighted by atomic mass is 16.7. The zero-order valence-corrected chi connectivity index (χ0v) is 15.7. The Labute approximate surface area is 166 Å². The van der Waals surface area contributed by atoms with Gasteiger partial charge < -0.3 is 38.3 Å². The minimum atomic E-state index is -0.709. The molecule has 156 valence electrons. The molecule has 6 rings (SSSR count). The molecule has 9 heteroatoms. The minimum Gasteiger partial charge on any atom is -0.465 e. The average Bonchev–Trinajstić information content (AvgIpc) is 3.33. The van der Waals surface area contributed by atoms with Crippen molar-refractivity contribution in [2.24, 2.45) is 11.8 Å². The summed E-state index contributed by atoms with van der Waals surface area (Å²) in [6.07, 6.45) is -1.72. The molecule has 0 bridgehead atoms. The number of aliphatic hydroxyl groups is 1. The van der Waals surface area contributed by atoms with E-state index in [0.717, 1.165) is 11.1 Å². The summed E-state index contributed by atoms with van der Waals surface area (Å²) in [7, 11) is 0. The lowest BCUT2D eigenvalue weighted by Gasteiger charge is -2.43. The van der Waals surface area contributed by atoms with Crippen molar-refractivity contribution >= 4 is 5.97 Å². The maximum atomic E-state index is 12.3. The minimum absolute atomic E-state index is 0.118. The number of rotatable bonds is 2. The zero-order valence-electron chi connectivity index (χ0n) is 15.7. The van der Waals surface area contributed by atoms with Gasteiger partial charge in [0.15, 0.2) is 17.8 Å². The van der Waals surface area contributed by atoms with E-state index in [4.69, 9.17) is 33.2 Å². The smallest absolute Gasteiger partial charge is 0.309 e. The van der Waals surface area contributed by atoms with Crippen LogP contribution in [-0.4, -0.2) is 62.5 Å². The number of carbonyl (C=O) groups excluding carboxylic acids is 1. The van der Waals surface area contributed by atoms with Crippen LogP contribution in [0, 0.1) is 11.8 Å². The first-order chi connectivity index (χ1) is 14.2. The van der Waals surface area contributed by atoms with E-state index in [1.807, 2.05) is 12.1 Å². The molecule has 5 aliphatic rings. The molecule has 29 heavy (non-hydrogen) atoms. The quantitative estimate of drug-likeness (QED) is 0.710. The van der Waals surface area contributed by atoms with Crippen molar-refractivity contribution in [3.8, 4) is 11.5 Å². The van der Waals surface area contributed by atoms with Gasteiger partial charge in [0.1, 0.15) is 19.0 Å². The first kappa shape index (κ1) is 17.9. The molecular formula is C20H22O9. The van der Waals surface area contributed by atoms with E-state index >= 15 is 0 Å². The summed E-state index contributed by atoms with van der Waals surface area (Å²) in [6.45, 7) is 0.976. The van der Waals surface area contributed by atoms with Crippen LogP contribution < -0.4 is 9.47 Å². The number of hydrogen-bond donors (Lipinski definition) is 1. The highest BCUT2D eigenvalue weighted by Crippen LogP contribution is 2.49. The van der Waals surface area contributed by atoms with Crippen molar-refractivity contribution in [1.82, 2.24) is 0 Å². The van der Waals surface area contributed by atoms with Gasteiger partial charge in [0.25, 0.3) is 0 Å². The third kappa shape index (κ3) is 2.91. The van der Waals surface area contributed by atoms with Crippen LogP contribution in [0.3, 0.4) is 0 Å². The summed E-state index contributed by atoms with van der Waals surface area (Å²) in [5.74, 6) is 0.754. The molecule has 1 N–H and O–H groups in total. The summed E-state index contributed by atoms with van der Waals surface area (Å²) in [5.41, 5.74) is 1.93. The second kappa shape index (κ2) is 6.82. The summed E-state index contributed by atoms with van der Waals surface area (Å²) < 4.78 is 39.6. The van der Waals surface area contributed by atoms with Crippen molar-refractivity contribution < 1.29 is 43.1 Å². The number of ether oxygens (including phenoxy) is 7. The Hall–Kier alpha value is -1.91. The van der Waals surface area contributed by atoms with Crippen molar-refractivity contribution in [3.63, 3.8) is 0 Å². The summed E-state index contributed by atoms with van der Waals surface area (Å²) >= 11 is 0. The van der Waals surface area contributed by atoms with Crippen molar-refractivity contribution in [2.75, 3.05) is 26.8 Å². The highest BCUT2D eigenvalue weighted by Gasteiger charge is 2.49. The molecule has 4 aliphatic heterocycles. The van der Waals surface area contributed by atoms with Crippen LogP contribution >= 0.6 is 0 Å². The van der Waals surface area contributed by atoms with Crippen LogP contribution in [0.4, 0.5) is 0 Å². The van der Waals surface area contributed by atoms with E-state index in [1.165, 1.54) is 0 Å². The van der Waals surface area contributed by atoms with Gasteiger partial charge in [-0.2, -0.15) is 0 Å². The molecule has 0 aromatic heterocycles. The first-order valence-electron chi connectivity index (χ1n) is 9.95. The molecule has 4 heterocycles. The van der Waals surface area contributed by atoms with Crippen LogP contribution in [0.5, 0.6) is 11.5 Å². The van der Waals surface area contributed by atoms with Crippen LogP contribution in [0.2, 0.25) is 0 Å². The predicted molar refractivity (Wildman–Crippen MR) is 93.0 cm³/mol. The highest BCUT2D eigenvalue weighted by molar-refractivity contribution is 5.76. The summed E-state index contributed by atoms with van der Waals surface area (Å²) in [5, 5.41) is 10.5. The summed E-state index contributed by atoms with van der Waals surface area (Å²) in [6, 6.07) is 3.85. The molecule has 1 aliphatic carbocycles. The number of cyclic esters (lactones) is 1. The number of aliphatic hydroxyl groups excluding tert-OH is 1. The van der Waals surface area contributed by atoms with Crippen LogP contribution in [0.1, 0.15) is 23.7 Å². The Morgan fingerprint density at radius 2 is 1.93 bits per heavy atom. The lowest BCUT2D eigenvalue weighted by Crippen LogP contribution is -2.55. The van der Waals surface area contributed by atoms with Crippen molar-refractivity contribution in [3.05, 3.63) is 23.3 Å². The van der Waals surface area contributed by atoms with E-state index in [9.17, 15) is 9.90 Å². The SMILES string of the molecule is O=C1OCC2C(OC3CC(O)C4OCOCC4O3)c3cc4c(cc3C[C@@H]12)OCO4. The average molecular weight is 406 g/mol. The lowest BCUT2D eigenvalue weighted by atomic mass is 9.75. The van der Waals surface area contributed by atoms with Gasteiger partial charge in [0, 0.05) is 12.3 Å². The molecule has 1 aromatic rings. The monoisotopic (exact) mass is 406 g/mol. The maximum Gasteiger partial charge on any atom is 0.309 e. The van der Waals surface area contributed by atoms with Gasteiger partial charge in [0.2, 0.25) is 6.79 Å². The molecule has 6 unspecified atom stereocenters. The fourth-order valence-corrected chi connectivity index (χ4v) is 4.99. The Morgan fingerprint density at radius 3 is 2.83 bits per heavy atom. The third-order valence-corrected chi connectivity index (χ3v) is 6.44. The molecule has 9 nitrogen and oxygen atoms in total. The second-order valence-electron chi connectivity index (χ2n) is 8.09. The summed E-state index contributed by atoms with van der Waals surface area (Å²) in [4.78, 5) is 12.3. The molecule has 7 atom stereocenters. The fraction of sp³-hybridized carbons (Fsp3) is 0.650. The second-order valence-corrected chi connectivity index (χ2v) is 8.09. The Balaban J connectivity index is 1.31. The molecule has 0 spiro atoms. The Kier molecular flexibility index (Phi) is 4.21. The van der Waals surface area contributed by atoms with E-state index < -0.39 is 30.7 Å². The largest absolute Gasteiger partial charge is 0.465 e. The van der Waals surface area contributed by atoms with Gasteiger partial charge in [-0.3, -0.25) is 4.79 Å². The number of carbonyl (C=O) groups is 1. The van der Waals surface area contributed by atoms with Crippen molar-refractivity contribution in [2.45, 2.75) is 43.5 Å². The van der Waals surface area contributed by atoms with Crippen molar-refractivity contribution in [1.29, 1.82) is 0 Å². The molecule has 1 aromatic carbocycles. The van der Waals surface area contributed by atoms with Gasteiger partial charge in [-0.05, 0) is 29.7 Å². The van der Waals surface area contributed by atoms with Gasteiger partial charge in [-0.25, -0.2) is 0 Å². The molecular weight excluding hydrogens is 384 g/mol.